The zero-order valence-electron chi connectivity index (χ0n) is 9.94. The van der Waals surface area contributed by atoms with Gasteiger partial charge in [-0.25, -0.2) is 0 Å². The molecule has 0 spiro atoms. The Morgan fingerprint density at radius 1 is 1.67 bits per heavy atom. The number of carbonyl (C=O) groups excluding carboxylic acids is 1. The minimum Gasteiger partial charge on any atom is -0.483 e. The summed E-state index contributed by atoms with van der Waals surface area (Å²) in [4.78, 5) is 11.3. The maximum Gasteiger partial charge on any atom is 0.258 e. The quantitative estimate of drug-likeness (QED) is 0.789. The Morgan fingerprint density at radius 2 is 2.39 bits per heavy atom. The van der Waals surface area contributed by atoms with Crippen molar-refractivity contribution < 1.29 is 9.53 Å². The predicted molar refractivity (Wildman–Crippen MR) is 68.2 cm³/mol. The number of nitrogens with zero attached hydrogens (tertiary/aromatic N) is 1. The number of nitriles is 1. The first-order valence-electron chi connectivity index (χ1n) is 5.36. The molecular weight excluding hydrogens is 254 g/mol. The van der Waals surface area contributed by atoms with E-state index in [4.69, 9.17) is 27.3 Å². The summed E-state index contributed by atoms with van der Waals surface area (Å²) in [6.45, 7) is 1.60. The Morgan fingerprint density at radius 3 is 3.00 bits per heavy atom. The monoisotopic (exact) mass is 267 g/mol. The predicted octanol–water partition coefficient (Wildman–Crippen LogP) is 1.38. The van der Waals surface area contributed by atoms with Gasteiger partial charge in [0.15, 0.2) is 6.61 Å². The first-order valence-corrected chi connectivity index (χ1v) is 5.74. The molecule has 0 saturated carbocycles. The molecular formula is C12H14ClN3O2. The van der Waals surface area contributed by atoms with Crippen LogP contribution in [0.15, 0.2) is 18.2 Å². The highest BCUT2D eigenvalue weighted by Gasteiger charge is 2.10. The van der Waals surface area contributed by atoms with Crippen LogP contribution >= 0.6 is 11.6 Å². The van der Waals surface area contributed by atoms with Gasteiger partial charge in [-0.3, -0.25) is 4.79 Å². The Balaban J connectivity index is 2.67. The molecule has 1 rings (SSSR count). The average Bonchev–Trinajstić information content (AvgIpc) is 2.34. The van der Waals surface area contributed by atoms with Gasteiger partial charge in [-0.2, -0.15) is 5.26 Å². The molecule has 0 unspecified atom stereocenters. The van der Waals surface area contributed by atoms with Crippen LogP contribution in [0, 0.1) is 11.3 Å². The molecule has 0 fully saturated rings. The average molecular weight is 268 g/mol. The smallest absolute Gasteiger partial charge is 0.258 e. The van der Waals surface area contributed by atoms with Gasteiger partial charge in [-0.1, -0.05) is 11.6 Å². The van der Waals surface area contributed by atoms with Crippen LogP contribution in [-0.4, -0.2) is 19.1 Å². The van der Waals surface area contributed by atoms with E-state index in [9.17, 15) is 4.79 Å². The van der Waals surface area contributed by atoms with Crippen molar-refractivity contribution in [3.8, 4) is 11.8 Å². The van der Waals surface area contributed by atoms with Crippen LogP contribution in [0.5, 0.6) is 5.75 Å². The summed E-state index contributed by atoms with van der Waals surface area (Å²) in [6.07, 6.45) is 0. The molecule has 1 aromatic rings. The minimum atomic E-state index is -0.359. The summed E-state index contributed by atoms with van der Waals surface area (Å²) in [5.41, 5.74) is 6.52. The fraction of sp³-hybridized carbons (Fsp3) is 0.333. The molecule has 6 heteroatoms. The number of amides is 1. The molecule has 0 aliphatic heterocycles. The minimum absolute atomic E-state index is 0.0387. The first-order chi connectivity index (χ1) is 8.54. The molecule has 1 amide bonds. The van der Waals surface area contributed by atoms with Crippen LogP contribution in [0.3, 0.4) is 0 Å². The highest BCUT2D eigenvalue weighted by molar-refractivity contribution is 6.30. The standard InChI is InChI=1S/C12H14ClN3O2/c1-8(15)10-6-9(13)2-3-11(10)18-7-12(17)16-5-4-14/h2-3,6,8H,5,7,15H2,1H3,(H,16,17)/t8-/m0/s1. The number of halogens is 1. The number of benzene rings is 1. The SMILES string of the molecule is C[C@H](N)c1cc(Cl)ccc1OCC(=O)NCC#N. The molecule has 0 aliphatic carbocycles. The van der Waals surface area contributed by atoms with E-state index < -0.39 is 0 Å². The zero-order chi connectivity index (χ0) is 13.5. The molecule has 1 atom stereocenters. The number of nitrogens with two attached hydrogens (primary N) is 1. The van der Waals surface area contributed by atoms with Gasteiger partial charge in [0, 0.05) is 16.6 Å². The lowest BCUT2D eigenvalue weighted by atomic mass is 10.1. The molecule has 0 heterocycles. The van der Waals surface area contributed by atoms with E-state index in [0.29, 0.717) is 10.8 Å². The number of hydrogen-bond donors (Lipinski definition) is 2. The van der Waals surface area contributed by atoms with Gasteiger partial charge in [0.1, 0.15) is 12.3 Å². The van der Waals surface area contributed by atoms with Crippen molar-refractivity contribution in [1.82, 2.24) is 5.32 Å². The molecule has 3 N–H and O–H groups in total. The van der Waals surface area contributed by atoms with Crippen molar-refractivity contribution in [3.05, 3.63) is 28.8 Å². The number of carbonyl (C=O) groups is 1. The third-order valence-electron chi connectivity index (χ3n) is 2.19. The van der Waals surface area contributed by atoms with E-state index in [2.05, 4.69) is 5.32 Å². The van der Waals surface area contributed by atoms with Crippen molar-refractivity contribution >= 4 is 17.5 Å². The molecule has 96 valence electrons. The summed E-state index contributed by atoms with van der Waals surface area (Å²) in [5, 5.41) is 11.3. The number of nitrogens with one attached hydrogen (secondary N) is 1. The van der Waals surface area contributed by atoms with Gasteiger partial charge in [0.2, 0.25) is 0 Å². The van der Waals surface area contributed by atoms with Gasteiger partial charge in [0.25, 0.3) is 5.91 Å². The lowest BCUT2D eigenvalue weighted by Crippen LogP contribution is -2.29. The Bertz CT molecular complexity index is 469. The third-order valence-corrected chi connectivity index (χ3v) is 2.42. The summed E-state index contributed by atoms with van der Waals surface area (Å²) >= 11 is 5.87. The summed E-state index contributed by atoms with van der Waals surface area (Å²) in [5.74, 6) is 0.156. The second-order valence-corrected chi connectivity index (χ2v) is 4.13. The molecule has 0 radical (unpaired) electrons. The molecule has 5 nitrogen and oxygen atoms in total. The summed E-state index contributed by atoms with van der Waals surface area (Å²) < 4.78 is 5.35. The second-order valence-electron chi connectivity index (χ2n) is 3.69. The molecule has 0 saturated heterocycles. The van der Waals surface area contributed by atoms with E-state index in [0.717, 1.165) is 5.56 Å². The lowest BCUT2D eigenvalue weighted by molar-refractivity contribution is -0.122. The summed E-state index contributed by atoms with van der Waals surface area (Å²) in [6, 6.07) is 6.59. The fourth-order valence-corrected chi connectivity index (χ4v) is 1.52. The topological polar surface area (TPSA) is 88.1 Å². The van der Waals surface area contributed by atoms with E-state index in [1.165, 1.54) is 0 Å². The lowest BCUT2D eigenvalue weighted by Gasteiger charge is -2.14. The van der Waals surface area contributed by atoms with E-state index >= 15 is 0 Å². The van der Waals surface area contributed by atoms with E-state index in [1.807, 2.05) is 6.07 Å². The molecule has 0 aromatic heterocycles. The number of ether oxygens (including phenoxy) is 1. The van der Waals surface area contributed by atoms with Crippen LogP contribution < -0.4 is 15.8 Å². The fourth-order valence-electron chi connectivity index (χ4n) is 1.34. The van der Waals surface area contributed by atoms with Crippen LogP contribution in [0.1, 0.15) is 18.5 Å². The van der Waals surface area contributed by atoms with Crippen molar-refractivity contribution in [2.45, 2.75) is 13.0 Å². The maximum absolute atomic E-state index is 11.3. The van der Waals surface area contributed by atoms with Gasteiger partial charge in [-0.05, 0) is 25.1 Å². The first kappa shape index (κ1) is 14.3. The maximum atomic E-state index is 11.3. The Labute approximate surface area is 110 Å². The Hall–Kier alpha value is -1.77. The molecule has 0 bridgehead atoms. The normalized spacial score (nSPS) is 11.4. The number of rotatable bonds is 5. The van der Waals surface area contributed by atoms with Crippen LogP contribution in [0.2, 0.25) is 5.02 Å². The molecule has 18 heavy (non-hydrogen) atoms. The highest BCUT2D eigenvalue weighted by Crippen LogP contribution is 2.27. The second kappa shape index (κ2) is 6.84. The molecule has 1 aromatic carbocycles. The van der Waals surface area contributed by atoms with Gasteiger partial charge in [0.05, 0.1) is 6.07 Å². The summed E-state index contributed by atoms with van der Waals surface area (Å²) in [7, 11) is 0. The van der Waals surface area contributed by atoms with Gasteiger partial charge >= 0.3 is 0 Å². The van der Waals surface area contributed by atoms with Crippen molar-refractivity contribution in [2.75, 3.05) is 13.2 Å². The van der Waals surface area contributed by atoms with Crippen molar-refractivity contribution in [2.24, 2.45) is 5.73 Å². The van der Waals surface area contributed by atoms with Gasteiger partial charge < -0.3 is 15.8 Å². The van der Waals surface area contributed by atoms with E-state index in [1.54, 1.807) is 25.1 Å². The molecule has 0 aliphatic rings. The highest BCUT2D eigenvalue weighted by atomic mass is 35.5. The van der Waals surface area contributed by atoms with E-state index in [-0.39, 0.29) is 25.1 Å². The Kier molecular flexibility index (Phi) is 5.43. The van der Waals surface area contributed by atoms with Crippen molar-refractivity contribution in [1.29, 1.82) is 5.26 Å². The van der Waals surface area contributed by atoms with Crippen LogP contribution in [-0.2, 0) is 4.79 Å². The van der Waals surface area contributed by atoms with Crippen LogP contribution in [0.4, 0.5) is 0 Å². The third kappa shape index (κ3) is 4.24. The largest absolute Gasteiger partial charge is 0.483 e. The van der Waals surface area contributed by atoms with Crippen molar-refractivity contribution in [3.63, 3.8) is 0 Å². The zero-order valence-corrected chi connectivity index (χ0v) is 10.7. The van der Waals surface area contributed by atoms with Gasteiger partial charge in [-0.15, -0.1) is 0 Å². The number of hydrogen-bond acceptors (Lipinski definition) is 4. The van der Waals surface area contributed by atoms with Crippen LogP contribution in [0.25, 0.3) is 0 Å².